The summed E-state index contributed by atoms with van der Waals surface area (Å²) in [5, 5.41) is 4.35. The molecule has 0 aliphatic carbocycles. The third-order valence-corrected chi connectivity index (χ3v) is 1.48. The molecule has 0 saturated carbocycles. The Bertz CT molecular complexity index is 136. The lowest BCUT2D eigenvalue weighted by Crippen LogP contribution is -1.96. The van der Waals surface area contributed by atoms with Gasteiger partial charge in [0.2, 0.25) is 0 Å². The van der Waals surface area contributed by atoms with Gasteiger partial charge in [0.1, 0.15) is 0 Å². The molecule has 0 N–H and O–H groups in total. The van der Waals surface area contributed by atoms with Crippen LogP contribution in [0.4, 0.5) is 0 Å². The highest BCUT2D eigenvalue weighted by Gasteiger charge is 2.03. The molecule has 1 nitrogen and oxygen atoms in total. The molecule has 0 fully saturated rings. The van der Waals surface area contributed by atoms with Crippen LogP contribution in [-0.2, 0) is 0 Å². The van der Waals surface area contributed by atoms with Gasteiger partial charge in [0.05, 0.1) is 0 Å². The first-order valence-corrected chi connectivity index (χ1v) is 3.48. The lowest BCUT2D eigenvalue weighted by atomic mass is 10.3. The van der Waals surface area contributed by atoms with Crippen LogP contribution in [0.3, 0.4) is 0 Å². The summed E-state index contributed by atoms with van der Waals surface area (Å²) in [6, 6.07) is 0. The minimum Gasteiger partial charge on any atom is -0.258 e. The van der Waals surface area contributed by atoms with Crippen LogP contribution < -0.4 is 5.32 Å². The third kappa shape index (κ3) is 1.35. The molecule has 1 heterocycles. The summed E-state index contributed by atoms with van der Waals surface area (Å²) in [6.07, 6.45) is 6.30. The summed E-state index contributed by atoms with van der Waals surface area (Å²) < 4.78 is 0. The zero-order valence-electron chi connectivity index (χ0n) is 6.02. The van der Waals surface area contributed by atoms with E-state index < -0.39 is 0 Å². The van der Waals surface area contributed by atoms with E-state index in [2.05, 4.69) is 31.3 Å². The zero-order chi connectivity index (χ0) is 6.69. The summed E-state index contributed by atoms with van der Waals surface area (Å²) in [6.45, 7) is 4.25. The molecule has 1 aliphatic rings. The van der Waals surface area contributed by atoms with Crippen molar-refractivity contribution in [1.29, 1.82) is 0 Å². The first-order chi connectivity index (χ1) is 4.36. The van der Waals surface area contributed by atoms with Crippen LogP contribution in [0.15, 0.2) is 23.5 Å². The van der Waals surface area contributed by atoms with E-state index in [9.17, 15) is 0 Å². The summed E-state index contributed by atoms with van der Waals surface area (Å²) >= 11 is 0. The van der Waals surface area contributed by atoms with Crippen molar-refractivity contribution in [3.8, 4) is 0 Å². The van der Waals surface area contributed by atoms with E-state index >= 15 is 0 Å². The van der Waals surface area contributed by atoms with Gasteiger partial charge in [-0.3, -0.25) is 5.32 Å². The van der Waals surface area contributed by atoms with E-state index in [4.69, 9.17) is 0 Å². The summed E-state index contributed by atoms with van der Waals surface area (Å²) in [7, 11) is 0. The van der Waals surface area contributed by atoms with Crippen LogP contribution in [0.5, 0.6) is 0 Å². The highest BCUT2D eigenvalue weighted by Crippen LogP contribution is 2.13. The Morgan fingerprint density at radius 2 is 1.56 bits per heavy atom. The standard InChI is InChI=1S/C8H12N/c1-3-7-5-6-8(4-2)9-7/h5-6H,3-4H2,1-2H3. The quantitative estimate of drug-likeness (QED) is 0.533. The SMILES string of the molecule is CCC1=CC=C(CC)[N]1. The van der Waals surface area contributed by atoms with Crippen LogP contribution in [0, 0.1) is 0 Å². The highest BCUT2D eigenvalue weighted by molar-refractivity contribution is 5.26. The second-order valence-electron chi connectivity index (χ2n) is 2.13. The van der Waals surface area contributed by atoms with Gasteiger partial charge in [-0.2, -0.15) is 0 Å². The Labute approximate surface area is 56.5 Å². The predicted molar refractivity (Wildman–Crippen MR) is 38.9 cm³/mol. The van der Waals surface area contributed by atoms with Crippen molar-refractivity contribution in [2.75, 3.05) is 0 Å². The van der Waals surface area contributed by atoms with Gasteiger partial charge in [-0.15, -0.1) is 0 Å². The molecule has 0 spiro atoms. The van der Waals surface area contributed by atoms with Gasteiger partial charge in [-0.25, -0.2) is 0 Å². The highest BCUT2D eigenvalue weighted by atomic mass is 14.9. The molecule has 0 bridgehead atoms. The molecule has 0 unspecified atom stereocenters. The molecule has 1 radical (unpaired) electrons. The van der Waals surface area contributed by atoms with Gasteiger partial charge in [0.25, 0.3) is 0 Å². The summed E-state index contributed by atoms with van der Waals surface area (Å²) in [4.78, 5) is 0. The first kappa shape index (κ1) is 6.40. The number of hydrogen-bond donors (Lipinski definition) is 0. The first-order valence-electron chi connectivity index (χ1n) is 3.48. The van der Waals surface area contributed by atoms with Gasteiger partial charge in [-0.1, -0.05) is 13.8 Å². The minimum absolute atomic E-state index is 1.06. The lowest BCUT2D eigenvalue weighted by molar-refractivity contribution is 0.855. The Kier molecular flexibility index (Phi) is 1.93. The van der Waals surface area contributed by atoms with Gasteiger partial charge in [-0.05, 0) is 25.0 Å². The molecule has 1 heteroatoms. The Hall–Kier alpha value is -0.720. The monoisotopic (exact) mass is 122 g/mol. The van der Waals surface area contributed by atoms with Crippen molar-refractivity contribution >= 4 is 0 Å². The molecular weight excluding hydrogens is 110 g/mol. The van der Waals surface area contributed by atoms with E-state index in [-0.39, 0.29) is 0 Å². The van der Waals surface area contributed by atoms with Crippen molar-refractivity contribution in [3.63, 3.8) is 0 Å². The molecule has 0 aromatic rings. The van der Waals surface area contributed by atoms with Gasteiger partial charge in [0.15, 0.2) is 0 Å². The molecular formula is C8H12N. The molecule has 0 aromatic carbocycles. The van der Waals surface area contributed by atoms with Crippen LogP contribution in [0.1, 0.15) is 26.7 Å². The molecule has 1 rings (SSSR count). The van der Waals surface area contributed by atoms with E-state index in [1.807, 2.05) is 0 Å². The minimum atomic E-state index is 1.06. The van der Waals surface area contributed by atoms with E-state index in [1.54, 1.807) is 0 Å². The molecule has 1 aliphatic heterocycles. The largest absolute Gasteiger partial charge is 0.258 e. The average Bonchev–Trinajstić information content (AvgIpc) is 2.34. The molecule has 0 aromatic heterocycles. The Morgan fingerprint density at radius 1 is 1.11 bits per heavy atom. The summed E-state index contributed by atoms with van der Waals surface area (Å²) in [5.74, 6) is 0. The van der Waals surface area contributed by atoms with Crippen molar-refractivity contribution < 1.29 is 0 Å². The third-order valence-electron chi connectivity index (χ3n) is 1.48. The average molecular weight is 122 g/mol. The molecule has 9 heavy (non-hydrogen) atoms. The van der Waals surface area contributed by atoms with Crippen LogP contribution >= 0.6 is 0 Å². The molecule has 0 atom stereocenters. The van der Waals surface area contributed by atoms with Crippen LogP contribution in [-0.4, -0.2) is 0 Å². The summed E-state index contributed by atoms with van der Waals surface area (Å²) in [5.41, 5.74) is 2.43. The maximum absolute atomic E-state index is 4.35. The second-order valence-corrected chi connectivity index (χ2v) is 2.13. The van der Waals surface area contributed by atoms with Crippen molar-refractivity contribution in [3.05, 3.63) is 23.5 Å². The number of allylic oxidation sites excluding steroid dienone is 4. The normalized spacial score (nSPS) is 16.7. The second kappa shape index (κ2) is 2.72. The maximum atomic E-state index is 4.35. The zero-order valence-corrected chi connectivity index (χ0v) is 6.02. The van der Waals surface area contributed by atoms with Gasteiger partial charge in [0, 0.05) is 11.4 Å². The Morgan fingerprint density at radius 3 is 1.78 bits per heavy atom. The molecule has 0 amide bonds. The van der Waals surface area contributed by atoms with Crippen molar-refractivity contribution in [2.45, 2.75) is 26.7 Å². The fraction of sp³-hybridized carbons (Fsp3) is 0.500. The van der Waals surface area contributed by atoms with Gasteiger partial charge < -0.3 is 0 Å². The van der Waals surface area contributed by atoms with Crippen LogP contribution in [0.25, 0.3) is 0 Å². The van der Waals surface area contributed by atoms with E-state index in [0.717, 1.165) is 12.8 Å². The molecule has 49 valence electrons. The topological polar surface area (TPSA) is 14.1 Å². The predicted octanol–water partition coefficient (Wildman–Crippen LogP) is 2.19. The molecule has 0 saturated heterocycles. The fourth-order valence-corrected chi connectivity index (χ4v) is 0.845. The fourth-order valence-electron chi connectivity index (χ4n) is 0.845. The number of nitrogens with zero attached hydrogens (tertiary/aromatic N) is 1. The number of hydrogen-bond acceptors (Lipinski definition) is 0. The van der Waals surface area contributed by atoms with Crippen molar-refractivity contribution in [1.82, 2.24) is 5.32 Å². The Balaban J connectivity index is 2.43. The van der Waals surface area contributed by atoms with E-state index in [0.29, 0.717) is 0 Å². The number of rotatable bonds is 2. The maximum Gasteiger partial charge on any atom is 0.0404 e. The lowest BCUT2D eigenvalue weighted by Gasteiger charge is -1.98. The van der Waals surface area contributed by atoms with Crippen molar-refractivity contribution in [2.24, 2.45) is 0 Å². The van der Waals surface area contributed by atoms with E-state index in [1.165, 1.54) is 11.4 Å². The van der Waals surface area contributed by atoms with Gasteiger partial charge >= 0.3 is 0 Å². The smallest absolute Gasteiger partial charge is 0.0404 e. The van der Waals surface area contributed by atoms with Crippen LogP contribution in [0.2, 0.25) is 0 Å².